The quantitative estimate of drug-likeness (QED) is 0.507. The van der Waals surface area contributed by atoms with E-state index in [0.29, 0.717) is 33.6 Å². The average molecular weight is 416 g/mol. The van der Waals surface area contributed by atoms with Crippen molar-refractivity contribution in [3.8, 4) is 11.6 Å². The van der Waals surface area contributed by atoms with Gasteiger partial charge in [-0.1, -0.05) is 12.1 Å². The molecule has 1 heterocycles. The van der Waals surface area contributed by atoms with Crippen LogP contribution in [0.4, 0.5) is 10.1 Å². The fourth-order valence-electron chi connectivity index (χ4n) is 2.94. The number of hydrogen-bond donors (Lipinski definition) is 2. The Balaban J connectivity index is 1.71. The zero-order valence-corrected chi connectivity index (χ0v) is 16.4. The van der Waals surface area contributed by atoms with Gasteiger partial charge in [0.15, 0.2) is 5.69 Å². The van der Waals surface area contributed by atoms with Gasteiger partial charge in [0.05, 0.1) is 11.0 Å². The molecule has 8 heteroatoms. The fourth-order valence-corrected chi connectivity index (χ4v) is 2.94. The summed E-state index contributed by atoms with van der Waals surface area (Å²) in [4.78, 5) is 33.1. The van der Waals surface area contributed by atoms with Gasteiger partial charge in [-0.2, -0.15) is 0 Å². The number of fused-ring (bicyclic) bond motifs is 1. The Morgan fingerprint density at radius 1 is 0.968 bits per heavy atom. The minimum Gasteiger partial charge on any atom is -0.437 e. The third kappa shape index (κ3) is 4.32. The number of para-hydroxylation sites is 2. The van der Waals surface area contributed by atoms with Crippen LogP contribution in [0.1, 0.15) is 26.4 Å². The van der Waals surface area contributed by atoms with E-state index in [0.717, 1.165) is 0 Å². The number of nitrogens with one attached hydrogen (secondary N) is 1. The number of amides is 2. The minimum atomic E-state index is -0.566. The number of carbonyl (C=O) groups is 2. The van der Waals surface area contributed by atoms with Crippen molar-refractivity contribution >= 4 is 28.5 Å². The Morgan fingerprint density at radius 2 is 1.65 bits per heavy atom. The van der Waals surface area contributed by atoms with Crippen molar-refractivity contribution < 1.29 is 18.7 Å². The number of primary amides is 1. The van der Waals surface area contributed by atoms with Crippen LogP contribution in [0.25, 0.3) is 11.0 Å². The second-order valence-electron chi connectivity index (χ2n) is 6.77. The van der Waals surface area contributed by atoms with E-state index in [9.17, 15) is 14.0 Å². The molecule has 0 unspecified atom stereocenters. The number of aryl methyl sites for hydroxylation is 1. The summed E-state index contributed by atoms with van der Waals surface area (Å²) < 4.78 is 19.3. The van der Waals surface area contributed by atoms with Gasteiger partial charge in [-0.05, 0) is 67.1 Å². The molecule has 4 rings (SSSR count). The first kappa shape index (κ1) is 20.0. The third-order valence-corrected chi connectivity index (χ3v) is 4.52. The molecule has 154 valence electrons. The molecule has 0 radical (unpaired) electrons. The first-order valence-electron chi connectivity index (χ1n) is 9.33. The van der Waals surface area contributed by atoms with Crippen molar-refractivity contribution in [2.75, 3.05) is 5.32 Å². The van der Waals surface area contributed by atoms with Crippen LogP contribution < -0.4 is 15.8 Å². The molecular formula is C23H17FN4O3. The summed E-state index contributed by atoms with van der Waals surface area (Å²) in [6.45, 7) is 1.69. The van der Waals surface area contributed by atoms with Crippen LogP contribution in [0.5, 0.6) is 11.6 Å². The average Bonchev–Trinajstić information content (AvgIpc) is 2.75. The number of hydrogen-bond acceptors (Lipinski definition) is 5. The summed E-state index contributed by atoms with van der Waals surface area (Å²) in [7, 11) is 0. The number of aromatic nitrogens is 2. The van der Waals surface area contributed by atoms with Gasteiger partial charge in [0.2, 0.25) is 5.91 Å². The van der Waals surface area contributed by atoms with Crippen LogP contribution in [0, 0.1) is 12.7 Å². The van der Waals surface area contributed by atoms with E-state index in [2.05, 4.69) is 15.3 Å². The molecule has 31 heavy (non-hydrogen) atoms. The van der Waals surface area contributed by atoms with Gasteiger partial charge in [-0.15, -0.1) is 0 Å². The van der Waals surface area contributed by atoms with E-state index in [1.54, 1.807) is 43.3 Å². The largest absolute Gasteiger partial charge is 0.437 e. The van der Waals surface area contributed by atoms with E-state index in [4.69, 9.17) is 10.5 Å². The van der Waals surface area contributed by atoms with Crippen LogP contribution >= 0.6 is 0 Å². The first-order valence-corrected chi connectivity index (χ1v) is 9.33. The Labute approximate surface area is 176 Å². The molecular weight excluding hydrogens is 399 g/mol. The van der Waals surface area contributed by atoms with E-state index >= 15 is 0 Å². The van der Waals surface area contributed by atoms with Crippen LogP contribution in [0.3, 0.4) is 0 Å². The Morgan fingerprint density at radius 3 is 2.29 bits per heavy atom. The van der Waals surface area contributed by atoms with Crippen molar-refractivity contribution in [1.82, 2.24) is 9.97 Å². The molecule has 3 aromatic carbocycles. The normalized spacial score (nSPS) is 10.6. The summed E-state index contributed by atoms with van der Waals surface area (Å²) >= 11 is 0. The van der Waals surface area contributed by atoms with Crippen LogP contribution in [0.2, 0.25) is 0 Å². The van der Waals surface area contributed by atoms with Gasteiger partial charge in [0, 0.05) is 11.3 Å². The molecule has 0 aliphatic rings. The predicted molar refractivity (Wildman–Crippen MR) is 114 cm³/mol. The molecule has 0 fully saturated rings. The highest BCUT2D eigenvalue weighted by Gasteiger charge is 2.20. The van der Waals surface area contributed by atoms with E-state index in [1.165, 1.54) is 30.3 Å². The standard InChI is InChI=1S/C23H17FN4O3/c1-13-12-15(24)8-11-19(13)31-23-20(27-17-4-2-3-5-18(17)28-23)22(30)26-16-9-6-14(7-10-16)21(25)29/h2-12H,1H3,(H2,25,29)(H,26,30). The monoisotopic (exact) mass is 416 g/mol. The molecule has 2 amide bonds. The van der Waals surface area contributed by atoms with E-state index in [-0.39, 0.29) is 11.6 Å². The second-order valence-corrected chi connectivity index (χ2v) is 6.77. The van der Waals surface area contributed by atoms with Crippen LogP contribution in [-0.4, -0.2) is 21.8 Å². The molecule has 0 spiro atoms. The molecule has 3 N–H and O–H groups in total. The smallest absolute Gasteiger partial charge is 0.279 e. The SMILES string of the molecule is Cc1cc(F)ccc1Oc1nc2ccccc2nc1C(=O)Nc1ccc(C(N)=O)cc1. The lowest BCUT2D eigenvalue weighted by Crippen LogP contribution is -2.16. The van der Waals surface area contributed by atoms with Gasteiger partial charge in [-0.3, -0.25) is 9.59 Å². The number of halogens is 1. The molecule has 0 atom stereocenters. The Bertz CT molecular complexity index is 1310. The summed E-state index contributed by atoms with van der Waals surface area (Å²) in [6, 6.07) is 17.2. The molecule has 7 nitrogen and oxygen atoms in total. The van der Waals surface area contributed by atoms with Crippen LogP contribution in [-0.2, 0) is 0 Å². The molecule has 0 aliphatic heterocycles. The zero-order chi connectivity index (χ0) is 22.0. The third-order valence-electron chi connectivity index (χ3n) is 4.52. The number of anilines is 1. The lowest BCUT2D eigenvalue weighted by Gasteiger charge is -2.13. The number of rotatable bonds is 5. The lowest BCUT2D eigenvalue weighted by atomic mass is 10.2. The van der Waals surface area contributed by atoms with E-state index in [1.807, 2.05) is 0 Å². The van der Waals surface area contributed by atoms with Gasteiger partial charge >= 0.3 is 0 Å². The van der Waals surface area contributed by atoms with Crippen molar-refractivity contribution in [2.24, 2.45) is 5.73 Å². The van der Waals surface area contributed by atoms with Crippen molar-refractivity contribution in [1.29, 1.82) is 0 Å². The number of ether oxygens (including phenoxy) is 1. The zero-order valence-electron chi connectivity index (χ0n) is 16.4. The minimum absolute atomic E-state index is 0.0142. The highest BCUT2D eigenvalue weighted by atomic mass is 19.1. The van der Waals surface area contributed by atoms with Gasteiger partial charge in [-0.25, -0.2) is 14.4 Å². The maximum Gasteiger partial charge on any atom is 0.279 e. The topological polar surface area (TPSA) is 107 Å². The van der Waals surface area contributed by atoms with E-state index < -0.39 is 17.6 Å². The summed E-state index contributed by atoms with van der Waals surface area (Å²) in [5.74, 6) is -1.18. The number of nitrogens with zero attached hydrogens (tertiary/aromatic N) is 2. The Hall–Kier alpha value is -4.33. The van der Waals surface area contributed by atoms with Crippen molar-refractivity contribution in [3.63, 3.8) is 0 Å². The number of nitrogens with two attached hydrogens (primary N) is 1. The molecule has 0 saturated heterocycles. The first-order chi connectivity index (χ1) is 14.9. The maximum atomic E-state index is 13.4. The van der Waals surface area contributed by atoms with Gasteiger partial charge < -0.3 is 15.8 Å². The van der Waals surface area contributed by atoms with Crippen LogP contribution in [0.15, 0.2) is 66.7 Å². The fraction of sp³-hybridized carbons (Fsp3) is 0.0435. The van der Waals surface area contributed by atoms with Gasteiger partial charge in [0.25, 0.3) is 11.8 Å². The van der Waals surface area contributed by atoms with Crippen molar-refractivity contribution in [2.45, 2.75) is 6.92 Å². The Kier molecular flexibility index (Phi) is 5.28. The molecule has 0 bridgehead atoms. The second kappa shape index (κ2) is 8.19. The summed E-state index contributed by atoms with van der Waals surface area (Å²) in [6.07, 6.45) is 0. The maximum absolute atomic E-state index is 13.4. The summed E-state index contributed by atoms with van der Waals surface area (Å²) in [5.41, 5.74) is 7.56. The molecule has 4 aromatic rings. The molecule has 0 aliphatic carbocycles. The molecule has 0 saturated carbocycles. The number of carbonyl (C=O) groups excluding carboxylic acids is 2. The van der Waals surface area contributed by atoms with Gasteiger partial charge in [0.1, 0.15) is 11.6 Å². The predicted octanol–water partition coefficient (Wildman–Crippen LogP) is 4.22. The lowest BCUT2D eigenvalue weighted by molar-refractivity contribution is 0.0997. The highest BCUT2D eigenvalue weighted by Crippen LogP contribution is 2.28. The van der Waals surface area contributed by atoms with Crippen molar-refractivity contribution in [3.05, 3.63) is 89.4 Å². The number of benzene rings is 3. The molecule has 1 aromatic heterocycles. The highest BCUT2D eigenvalue weighted by molar-refractivity contribution is 6.05. The summed E-state index contributed by atoms with van der Waals surface area (Å²) in [5, 5.41) is 2.71.